The van der Waals surface area contributed by atoms with Crippen LogP contribution >= 0.6 is 0 Å². The van der Waals surface area contributed by atoms with E-state index in [0.717, 1.165) is 6.71 Å². The van der Waals surface area contributed by atoms with Gasteiger partial charge in [0.2, 0.25) is 0 Å². The number of hydrogen-bond donors (Lipinski definition) is 0. The monoisotopic (exact) mass is 130 g/mol. The molecule has 0 atom stereocenters. The van der Waals surface area contributed by atoms with Crippen molar-refractivity contribution in [3.05, 3.63) is 35.9 Å². The van der Waals surface area contributed by atoms with Crippen molar-refractivity contribution in [2.45, 2.75) is 19.0 Å². The van der Waals surface area contributed by atoms with E-state index in [-0.39, 0.29) is 0 Å². The van der Waals surface area contributed by atoms with E-state index in [1.165, 1.54) is 24.5 Å². The maximum absolute atomic E-state index is 2.22. The molecule has 2 rings (SSSR count). The van der Waals surface area contributed by atoms with Crippen LogP contribution in [0.2, 0.25) is 12.6 Å². The fourth-order valence-corrected chi connectivity index (χ4v) is 1.27. The van der Waals surface area contributed by atoms with Crippen molar-refractivity contribution < 1.29 is 0 Å². The van der Waals surface area contributed by atoms with Gasteiger partial charge in [-0.25, -0.2) is 0 Å². The van der Waals surface area contributed by atoms with Gasteiger partial charge in [0.05, 0.1) is 0 Å². The van der Waals surface area contributed by atoms with Crippen molar-refractivity contribution in [3.63, 3.8) is 0 Å². The Morgan fingerprint density at radius 3 is 2.40 bits per heavy atom. The van der Waals surface area contributed by atoms with Crippen molar-refractivity contribution in [1.29, 1.82) is 0 Å². The summed E-state index contributed by atoms with van der Waals surface area (Å²) in [5, 5.41) is 0. The van der Waals surface area contributed by atoms with Gasteiger partial charge in [0, 0.05) is 0 Å². The molecule has 0 aromatic heterocycles. The summed E-state index contributed by atoms with van der Waals surface area (Å²) >= 11 is 0. The highest BCUT2D eigenvalue weighted by molar-refractivity contribution is 6.68. The van der Waals surface area contributed by atoms with Crippen LogP contribution in [0.15, 0.2) is 30.3 Å². The third-order valence-electron chi connectivity index (χ3n) is 2.06. The predicted octanol–water partition coefficient (Wildman–Crippen LogP) is 2.28. The first-order valence-corrected chi connectivity index (χ1v) is 3.99. The molecule has 0 spiro atoms. The molecule has 50 valence electrons. The van der Waals surface area contributed by atoms with E-state index in [1.54, 1.807) is 0 Å². The van der Waals surface area contributed by atoms with Gasteiger partial charge in [-0.15, -0.1) is 0 Å². The molecule has 0 amide bonds. The van der Waals surface area contributed by atoms with Crippen LogP contribution in [0.1, 0.15) is 5.56 Å². The van der Waals surface area contributed by atoms with E-state index in [2.05, 4.69) is 30.3 Å². The summed E-state index contributed by atoms with van der Waals surface area (Å²) in [7, 11) is 0. The zero-order valence-electron chi connectivity index (χ0n) is 6.09. The molecule has 1 aliphatic heterocycles. The Labute approximate surface area is 62.3 Å². The average Bonchev–Trinajstić information content (AvgIpc) is 2.74. The quantitative estimate of drug-likeness (QED) is 0.538. The van der Waals surface area contributed by atoms with E-state index < -0.39 is 0 Å². The number of hydrogen-bond acceptors (Lipinski definition) is 0. The molecule has 1 saturated heterocycles. The zero-order chi connectivity index (χ0) is 6.81. The predicted molar refractivity (Wildman–Crippen MR) is 45.5 cm³/mol. The topological polar surface area (TPSA) is 0 Å². The standard InChI is InChI=1S/C9H11B/c1-2-4-9(5-3-1)8-10-6-7-10/h1-5H,6-8H2. The Morgan fingerprint density at radius 2 is 1.80 bits per heavy atom. The number of benzene rings is 1. The second-order valence-electron chi connectivity index (χ2n) is 3.13. The smallest absolute Gasteiger partial charge is 0.0804 e. The van der Waals surface area contributed by atoms with Crippen molar-refractivity contribution in [2.75, 3.05) is 0 Å². The first-order valence-electron chi connectivity index (χ1n) is 3.99. The van der Waals surface area contributed by atoms with Crippen LogP contribution < -0.4 is 0 Å². The van der Waals surface area contributed by atoms with Crippen LogP contribution in [0.4, 0.5) is 0 Å². The van der Waals surface area contributed by atoms with Gasteiger partial charge in [0.25, 0.3) is 0 Å². The third kappa shape index (κ3) is 1.41. The highest BCUT2D eigenvalue weighted by Crippen LogP contribution is 2.24. The fourth-order valence-electron chi connectivity index (χ4n) is 1.27. The van der Waals surface area contributed by atoms with E-state index in [0.29, 0.717) is 0 Å². The average molecular weight is 130 g/mol. The lowest BCUT2D eigenvalue weighted by Crippen LogP contribution is -1.93. The molecule has 1 aliphatic rings. The van der Waals surface area contributed by atoms with Crippen molar-refractivity contribution in [2.24, 2.45) is 0 Å². The Kier molecular flexibility index (Phi) is 1.50. The number of rotatable bonds is 2. The molecule has 10 heavy (non-hydrogen) atoms. The Balaban J connectivity index is 2.03. The van der Waals surface area contributed by atoms with Crippen LogP contribution in [0.3, 0.4) is 0 Å². The summed E-state index contributed by atoms with van der Waals surface area (Å²) in [6.45, 7) is 1.02. The van der Waals surface area contributed by atoms with Crippen LogP contribution in [0.25, 0.3) is 0 Å². The van der Waals surface area contributed by atoms with Crippen LogP contribution in [0, 0.1) is 0 Å². The second-order valence-corrected chi connectivity index (χ2v) is 3.13. The highest BCUT2D eigenvalue weighted by Gasteiger charge is 2.25. The third-order valence-corrected chi connectivity index (χ3v) is 2.06. The van der Waals surface area contributed by atoms with Gasteiger partial charge in [0.1, 0.15) is 6.71 Å². The van der Waals surface area contributed by atoms with E-state index in [9.17, 15) is 0 Å². The van der Waals surface area contributed by atoms with Gasteiger partial charge in [-0.05, 0) is 6.32 Å². The largest absolute Gasteiger partial charge is 0.143 e. The molecule has 0 saturated carbocycles. The summed E-state index contributed by atoms with van der Waals surface area (Å²) in [5.41, 5.74) is 1.50. The Bertz CT molecular complexity index is 201. The van der Waals surface area contributed by atoms with Gasteiger partial charge in [-0.1, -0.05) is 48.5 Å². The van der Waals surface area contributed by atoms with Crippen LogP contribution in [-0.2, 0) is 6.32 Å². The minimum absolute atomic E-state index is 1.02. The van der Waals surface area contributed by atoms with Gasteiger partial charge in [-0.2, -0.15) is 0 Å². The Hall–Kier alpha value is -0.715. The van der Waals surface area contributed by atoms with E-state index >= 15 is 0 Å². The molecule has 0 aliphatic carbocycles. The van der Waals surface area contributed by atoms with Crippen molar-refractivity contribution in [1.82, 2.24) is 0 Å². The SMILES string of the molecule is c1ccc(CB2CC2)cc1. The molecule has 1 aromatic carbocycles. The van der Waals surface area contributed by atoms with Gasteiger partial charge in [0.15, 0.2) is 0 Å². The molecule has 1 heteroatoms. The first kappa shape index (κ1) is 6.02. The molecule has 0 unspecified atom stereocenters. The second kappa shape index (κ2) is 2.49. The molecule has 0 bridgehead atoms. The summed E-state index contributed by atoms with van der Waals surface area (Å²) in [6.07, 6.45) is 4.21. The van der Waals surface area contributed by atoms with Crippen molar-refractivity contribution >= 4 is 6.71 Å². The lowest BCUT2D eigenvalue weighted by atomic mass is 9.65. The molecule has 1 aromatic rings. The maximum Gasteiger partial charge on any atom is 0.143 e. The zero-order valence-corrected chi connectivity index (χ0v) is 6.09. The molecule has 0 N–H and O–H groups in total. The Morgan fingerprint density at radius 1 is 1.10 bits per heavy atom. The van der Waals surface area contributed by atoms with Crippen molar-refractivity contribution in [3.8, 4) is 0 Å². The molecule has 1 heterocycles. The minimum Gasteiger partial charge on any atom is -0.0804 e. The minimum atomic E-state index is 1.02. The molecule has 0 nitrogen and oxygen atoms in total. The summed E-state index contributed by atoms with van der Waals surface area (Å²) in [5.74, 6) is 0. The summed E-state index contributed by atoms with van der Waals surface area (Å²) < 4.78 is 0. The van der Waals surface area contributed by atoms with E-state index in [1.807, 2.05) is 0 Å². The van der Waals surface area contributed by atoms with Crippen LogP contribution in [-0.4, -0.2) is 6.71 Å². The molecule has 0 radical (unpaired) electrons. The highest BCUT2D eigenvalue weighted by atomic mass is 14.0. The van der Waals surface area contributed by atoms with Crippen LogP contribution in [0.5, 0.6) is 0 Å². The lowest BCUT2D eigenvalue weighted by Gasteiger charge is -1.94. The normalized spacial score (nSPS) is 15.4. The van der Waals surface area contributed by atoms with E-state index in [4.69, 9.17) is 0 Å². The maximum atomic E-state index is 2.22. The van der Waals surface area contributed by atoms with Gasteiger partial charge < -0.3 is 0 Å². The fraction of sp³-hybridized carbons (Fsp3) is 0.333. The molecular formula is C9H11B. The summed E-state index contributed by atoms with van der Waals surface area (Å²) in [4.78, 5) is 0. The summed E-state index contributed by atoms with van der Waals surface area (Å²) in [6, 6.07) is 10.8. The first-order chi connectivity index (χ1) is 4.95. The van der Waals surface area contributed by atoms with Gasteiger partial charge in [-0.3, -0.25) is 0 Å². The molecular weight excluding hydrogens is 119 g/mol. The lowest BCUT2D eigenvalue weighted by molar-refractivity contribution is 1.38. The molecule has 1 fully saturated rings. The van der Waals surface area contributed by atoms with Gasteiger partial charge >= 0.3 is 0 Å².